The third kappa shape index (κ3) is 4.46. The number of ether oxygens (including phenoxy) is 2. The van der Waals surface area contributed by atoms with Crippen LogP contribution in [0, 0.1) is 12.7 Å². The molecule has 7 heteroatoms. The van der Waals surface area contributed by atoms with Crippen LogP contribution in [0.25, 0.3) is 5.76 Å². The number of hydrogen-bond acceptors (Lipinski definition) is 5. The van der Waals surface area contributed by atoms with E-state index in [1.165, 1.54) is 30.2 Å². The van der Waals surface area contributed by atoms with Gasteiger partial charge >= 0.3 is 0 Å². The smallest absolute Gasteiger partial charge is 0.295 e. The SMILES string of the molecule is COc1ccc(C)cc1/C(O)=C1\C(=O)C(=O)N(CCOC(C)C)C1c1ccccc1F. The number of carbonyl (C=O) groups is 2. The Morgan fingerprint density at radius 1 is 1.19 bits per heavy atom. The Kier molecular flexibility index (Phi) is 6.75. The highest BCUT2D eigenvalue weighted by Gasteiger charge is 2.47. The first-order chi connectivity index (χ1) is 14.8. The van der Waals surface area contributed by atoms with Crippen molar-refractivity contribution in [1.29, 1.82) is 0 Å². The van der Waals surface area contributed by atoms with Crippen molar-refractivity contribution in [3.63, 3.8) is 0 Å². The van der Waals surface area contributed by atoms with Gasteiger partial charge in [-0.25, -0.2) is 4.39 Å². The first kappa shape index (κ1) is 22.5. The van der Waals surface area contributed by atoms with E-state index in [1.807, 2.05) is 20.8 Å². The minimum absolute atomic E-state index is 0.0692. The molecule has 3 rings (SSSR count). The molecular weight excluding hydrogens is 401 g/mol. The van der Waals surface area contributed by atoms with Gasteiger partial charge in [-0.15, -0.1) is 0 Å². The molecular formula is C24H26FNO5. The quantitative estimate of drug-likeness (QED) is 0.411. The van der Waals surface area contributed by atoms with Crippen LogP contribution in [0.3, 0.4) is 0 Å². The molecule has 1 fully saturated rings. The number of rotatable bonds is 7. The van der Waals surface area contributed by atoms with Gasteiger partial charge in [-0.2, -0.15) is 0 Å². The number of benzene rings is 2. The number of Topliss-reactive ketones (excluding diaryl/α,β-unsaturated/α-hetero) is 1. The summed E-state index contributed by atoms with van der Waals surface area (Å²) in [6, 6.07) is 9.94. The van der Waals surface area contributed by atoms with Crippen LogP contribution in [0.1, 0.15) is 36.6 Å². The minimum atomic E-state index is -1.08. The third-order valence-electron chi connectivity index (χ3n) is 5.13. The van der Waals surface area contributed by atoms with Crippen molar-refractivity contribution >= 4 is 17.4 Å². The van der Waals surface area contributed by atoms with Gasteiger partial charge in [0.25, 0.3) is 11.7 Å². The van der Waals surface area contributed by atoms with Crippen LogP contribution in [-0.2, 0) is 14.3 Å². The molecule has 0 radical (unpaired) electrons. The van der Waals surface area contributed by atoms with Crippen molar-refractivity contribution < 1.29 is 28.6 Å². The Morgan fingerprint density at radius 3 is 2.55 bits per heavy atom. The Morgan fingerprint density at radius 2 is 1.90 bits per heavy atom. The monoisotopic (exact) mass is 427 g/mol. The zero-order valence-corrected chi connectivity index (χ0v) is 18.0. The average molecular weight is 427 g/mol. The van der Waals surface area contributed by atoms with Gasteiger partial charge in [0.2, 0.25) is 0 Å². The number of likely N-dealkylation sites (tertiary alicyclic amines) is 1. The molecule has 1 atom stereocenters. The van der Waals surface area contributed by atoms with Crippen molar-refractivity contribution in [3.8, 4) is 5.75 Å². The maximum Gasteiger partial charge on any atom is 0.295 e. The molecule has 6 nitrogen and oxygen atoms in total. The van der Waals surface area contributed by atoms with Crippen LogP contribution in [0.2, 0.25) is 0 Å². The van der Waals surface area contributed by atoms with Crippen LogP contribution < -0.4 is 4.74 Å². The molecule has 1 saturated heterocycles. The molecule has 1 aliphatic heterocycles. The van der Waals surface area contributed by atoms with E-state index in [4.69, 9.17) is 9.47 Å². The molecule has 1 unspecified atom stereocenters. The number of aryl methyl sites for hydroxylation is 1. The summed E-state index contributed by atoms with van der Waals surface area (Å²) in [5.74, 6) is -2.33. The summed E-state index contributed by atoms with van der Waals surface area (Å²) in [7, 11) is 1.44. The van der Waals surface area contributed by atoms with Gasteiger partial charge in [0.05, 0.1) is 37.0 Å². The van der Waals surface area contributed by atoms with Crippen molar-refractivity contribution in [1.82, 2.24) is 4.90 Å². The van der Waals surface area contributed by atoms with E-state index in [1.54, 1.807) is 24.3 Å². The van der Waals surface area contributed by atoms with Gasteiger partial charge in [-0.1, -0.05) is 29.8 Å². The predicted molar refractivity (Wildman–Crippen MR) is 114 cm³/mol. The first-order valence-electron chi connectivity index (χ1n) is 10.1. The molecule has 0 saturated carbocycles. The number of amides is 1. The van der Waals surface area contributed by atoms with Crippen molar-refractivity contribution in [3.05, 3.63) is 70.5 Å². The van der Waals surface area contributed by atoms with Crippen molar-refractivity contribution in [2.24, 2.45) is 0 Å². The Hall–Kier alpha value is -3.19. The van der Waals surface area contributed by atoms with Gasteiger partial charge in [0, 0.05) is 12.1 Å². The van der Waals surface area contributed by atoms with Crippen LogP contribution in [-0.4, -0.2) is 48.1 Å². The normalized spacial score (nSPS) is 18.1. The lowest BCUT2D eigenvalue weighted by Crippen LogP contribution is -2.33. The maximum atomic E-state index is 14.8. The molecule has 31 heavy (non-hydrogen) atoms. The second kappa shape index (κ2) is 9.31. The van der Waals surface area contributed by atoms with E-state index in [0.717, 1.165) is 5.56 Å². The predicted octanol–water partition coefficient (Wildman–Crippen LogP) is 3.99. The Bertz CT molecular complexity index is 1030. The summed E-state index contributed by atoms with van der Waals surface area (Å²) in [4.78, 5) is 27.1. The summed E-state index contributed by atoms with van der Waals surface area (Å²) in [6.45, 7) is 5.78. The fourth-order valence-corrected chi connectivity index (χ4v) is 3.67. The lowest BCUT2D eigenvalue weighted by Gasteiger charge is -2.26. The Labute approximate surface area is 180 Å². The largest absolute Gasteiger partial charge is 0.507 e. The lowest BCUT2D eigenvalue weighted by atomic mass is 9.94. The Balaban J connectivity index is 2.18. The zero-order valence-electron chi connectivity index (χ0n) is 18.0. The van der Waals surface area contributed by atoms with E-state index < -0.39 is 29.3 Å². The molecule has 164 valence electrons. The number of hydrogen-bond donors (Lipinski definition) is 1. The maximum absolute atomic E-state index is 14.8. The number of aliphatic hydroxyl groups is 1. The highest BCUT2D eigenvalue weighted by atomic mass is 19.1. The highest BCUT2D eigenvalue weighted by Crippen LogP contribution is 2.41. The first-order valence-corrected chi connectivity index (χ1v) is 10.1. The second-order valence-electron chi connectivity index (χ2n) is 7.64. The molecule has 1 heterocycles. The molecule has 2 aromatic carbocycles. The third-order valence-corrected chi connectivity index (χ3v) is 5.13. The number of halogens is 1. The molecule has 0 aliphatic carbocycles. The molecule has 0 bridgehead atoms. The summed E-state index contributed by atoms with van der Waals surface area (Å²) < 4.78 is 25.6. The van der Waals surface area contributed by atoms with E-state index in [2.05, 4.69) is 0 Å². The van der Waals surface area contributed by atoms with E-state index in [0.29, 0.717) is 5.75 Å². The summed E-state index contributed by atoms with van der Waals surface area (Å²) in [5.41, 5.74) is 1.03. The topological polar surface area (TPSA) is 76.1 Å². The van der Waals surface area contributed by atoms with Crippen LogP contribution >= 0.6 is 0 Å². The van der Waals surface area contributed by atoms with E-state index in [9.17, 15) is 19.1 Å². The standard InChI is InChI=1S/C24H26FNO5/c1-14(2)31-12-11-26-21(16-7-5-6-8-18(16)25)20(23(28)24(26)29)22(27)17-13-15(3)9-10-19(17)30-4/h5-10,13-14,21,27H,11-12H2,1-4H3/b22-20+. The highest BCUT2D eigenvalue weighted by molar-refractivity contribution is 6.46. The molecule has 1 N–H and O–H groups in total. The number of carbonyl (C=O) groups excluding carboxylic acids is 2. The van der Waals surface area contributed by atoms with Crippen molar-refractivity contribution in [2.45, 2.75) is 32.9 Å². The minimum Gasteiger partial charge on any atom is -0.507 e. The molecule has 1 amide bonds. The summed E-state index contributed by atoms with van der Waals surface area (Å²) in [5, 5.41) is 11.1. The lowest BCUT2D eigenvalue weighted by molar-refractivity contribution is -0.140. The van der Waals surface area contributed by atoms with E-state index in [-0.39, 0.29) is 36.0 Å². The summed E-state index contributed by atoms with van der Waals surface area (Å²) in [6.07, 6.45) is -0.0692. The number of nitrogens with zero attached hydrogens (tertiary/aromatic N) is 1. The number of ketones is 1. The van der Waals surface area contributed by atoms with Crippen molar-refractivity contribution in [2.75, 3.05) is 20.3 Å². The molecule has 0 spiro atoms. The van der Waals surface area contributed by atoms with E-state index >= 15 is 0 Å². The van der Waals surface area contributed by atoms with Gasteiger partial charge in [0.1, 0.15) is 17.3 Å². The molecule has 1 aliphatic rings. The van der Waals surface area contributed by atoms with Gasteiger partial charge < -0.3 is 19.5 Å². The summed E-state index contributed by atoms with van der Waals surface area (Å²) >= 11 is 0. The number of aliphatic hydroxyl groups excluding tert-OH is 1. The number of methoxy groups -OCH3 is 1. The zero-order chi connectivity index (χ0) is 22.7. The molecule has 2 aromatic rings. The average Bonchev–Trinajstić information content (AvgIpc) is 2.98. The van der Waals surface area contributed by atoms with Gasteiger partial charge in [0.15, 0.2) is 0 Å². The van der Waals surface area contributed by atoms with Crippen LogP contribution in [0.5, 0.6) is 5.75 Å². The second-order valence-corrected chi connectivity index (χ2v) is 7.64. The molecule has 0 aromatic heterocycles. The van der Waals surface area contributed by atoms with Crippen LogP contribution in [0.15, 0.2) is 48.0 Å². The van der Waals surface area contributed by atoms with Gasteiger partial charge in [-0.3, -0.25) is 9.59 Å². The van der Waals surface area contributed by atoms with Gasteiger partial charge in [-0.05, 0) is 39.0 Å². The fraction of sp³-hybridized carbons (Fsp3) is 0.333. The van der Waals surface area contributed by atoms with Crippen LogP contribution in [0.4, 0.5) is 4.39 Å². The fourth-order valence-electron chi connectivity index (χ4n) is 3.67.